The number of rotatable bonds is 12. The lowest BCUT2D eigenvalue weighted by molar-refractivity contribution is -0.139. The second kappa shape index (κ2) is 12.6. The first-order chi connectivity index (χ1) is 17.1. The molecule has 3 heterocycles. The number of carboxylic acid groups (broad SMARTS) is 1. The summed E-state index contributed by atoms with van der Waals surface area (Å²) < 4.78 is 5.40. The molecule has 6 heteroatoms. The first-order valence-corrected chi connectivity index (χ1v) is 12.9. The number of carboxylic acids is 1. The van der Waals surface area contributed by atoms with Crippen molar-refractivity contribution in [3.05, 3.63) is 66.1 Å². The first-order valence-electron chi connectivity index (χ1n) is 12.9. The maximum Gasteiger partial charge on any atom is 0.303 e. The number of likely N-dealkylation sites (tertiary alicyclic amines) is 1. The fraction of sp³-hybridized carbons (Fsp3) is 0.483. The van der Waals surface area contributed by atoms with Gasteiger partial charge in [-0.3, -0.25) is 14.8 Å². The van der Waals surface area contributed by atoms with Gasteiger partial charge in [-0.15, -0.1) is 0 Å². The van der Waals surface area contributed by atoms with Crippen LogP contribution in [0.5, 0.6) is 5.75 Å². The average Bonchev–Trinajstić information content (AvgIpc) is 2.88. The Bertz CT molecular complexity index is 1090. The summed E-state index contributed by atoms with van der Waals surface area (Å²) in [6.45, 7) is 3.01. The fourth-order valence-corrected chi connectivity index (χ4v) is 5.46. The zero-order valence-electron chi connectivity index (χ0n) is 20.7. The van der Waals surface area contributed by atoms with E-state index in [0.717, 1.165) is 86.9 Å². The van der Waals surface area contributed by atoms with Crippen LogP contribution in [0.4, 0.5) is 0 Å². The Morgan fingerprint density at radius 3 is 2.77 bits per heavy atom. The Hall–Kier alpha value is -2.99. The van der Waals surface area contributed by atoms with E-state index in [1.165, 1.54) is 5.56 Å². The predicted molar refractivity (Wildman–Crippen MR) is 139 cm³/mol. The van der Waals surface area contributed by atoms with E-state index in [9.17, 15) is 9.90 Å². The third-order valence-electron chi connectivity index (χ3n) is 7.36. The Morgan fingerprint density at radius 1 is 1.06 bits per heavy atom. The topological polar surface area (TPSA) is 75.5 Å². The molecule has 0 bridgehead atoms. The number of methoxy groups -OCH3 is 1. The van der Waals surface area contributed by atoms with Crippen LogP contribution in [-0.2, 0) is 17.6 Å². The molecule has 0 aliphatic carbocycles. The molecule has 1 aliphatic rings. The highest BCUT2D eigenvalue weighted by Gasteiger charge is 2.30. The molecule has 3 aromatic rings. The molecule has 6 nitrogen and oxygen atoms in total. The summed E-state index contributed by atoms with van der Waals surface area (Å²) in [5.74, 6) is 0.870. The molecule has 4 rings (SSSR count). The second-order valence-electron chi connectivity index (χ2n) is 9.73. The molecule has 35 heavy (non-hydrogen) atoms. The molecule has 0 radical (unpaired) electrons. The third kappa shape index (κ3) is 7.25. The molecule has 1 fully saturated rings. The number of hydrogen-bond acceptors (Lipinski definition) is 5. The molecule has 0 amide bonds. The van der Waals surface area contributed by atoms with Crippen molar-refractivity contribution in [1.29, 1.82) is 0 Å². The summed E-state index contributed by atoms with van der Waals surface area (Å²) in [5.41, 5.74) is 3.42. The van der Waals surface area contributed by atoms with Crippen LogP contribution >= 0.6 is 0 Å². The third-order valence-corrected chi connectivity index (χ3v) is 7.36. The van der Waals surface area contributed by atoms with Crippen molar-refractivity contribution in [3.63, 3.8) is 0 Å². The number of unbranched alkanes of at least 4 members (excludes halogenated alkanes) is 1. The highest BCUT2D eigenvalue weighted by molar-refractivity contribution is 5.83. The van der Waals surface area contributed by atoms with E-state index in [2.05, 4.69) is 33.1 Å². The normalized spacial score (nSPS) is 18.5. The van der Waals surface area contributed by atoms with E-state index in [1.54, 1.807) is 7.11 Å². The Morgan fingerprint density at radius 2 is 1.97 bits per heavy atom. The zero-order valence-corrected chi connectivity index (χ0v) is 20.7. The number of benzene rings is 1. The summed E-state index contributed by atoms with van der Waals surface area (Å²) in [7, 11) is 1.69. The van der Waals surface area contributed by atoms with E-state index in [1.807, 2.05) is 36.7 Å². The molecule has 2 aromatic heterocycles. The molecule has 0 saturated carbocycles. The number of aromatic nitrogens is 2. The van der Waals surface area contributed by atoms with Gasteiger partial charge in [-0.25, -0.2) is 0 Å². The quantitative estimate of drug-likeness (QED) is 0.354. The molecule has 1 saturated heterocycles. The summed E-state index contributed by atoms with van der Waals surface area (Å²) in [5, 5.41) is 10.7. The maximum absolute atomic E-state index is 11.6. The van der Waals surface area contributed by atoms with E-state index in [0.29, 0.717) is 5.92 Å². The minimum Gasteiger partial charge on any atom is -0.497 e. The fourth-order valence-electron chi connectivity index (χ4n) is 5.46. The van der Waals surface area contributed by atoms with Gasteiger partial charge in [-0.05, 0) is 112 Å². The van der Waals surface area contributed by atoms with Crippen LogP contribution in [0.25, 0.3) is 10.9 Å². The number of carbonyl (C=O) groups is 1. The van der Waals surface area contributed by atoms with Crippen LogP contribution in [0.1, 0.15) is 49.8 Å². The average molecular weight is 476 g/mol. The molecule has 1 aromatic carbocycles. The molecule has 0 unspecified atom stereocenters. The summed E-state index contributed by atoms with van der Waals surface area (Å²) in [4.78, 5) is 23.0. The molecule has 2 atom stereocenters. The van der Waals surface area contributed by atoms with Gasteiger partial charge in [0.2, 0.25) is 0 Å². The number of pyridine rings is 2. The number of piperidine rings is 1. The Kier molecular flexibility index (Phi) is 9.07. The van der Waals surface area contributed by atoms with Crippen LogP contribution in [0.3, 0.4) is 0 Å². The van der Waals surface area contributed by atoms with Crippen molar-refractivity contribution < 1.29 is 14.6 Å². The summed E-state index contributed by atoms with van der Waals surface area (Å²) in [6.07, 6.45) is 11.4. The first kappa shape index (κ1) is 25.1. The van der Waals surface area contributed by atoms with E-state index < -0.39 is 5.97 Å². The second-order valence-corrected chi connectivity index (χ2v) is 9.73. The molecule has 1 aliphatic heterocycles. The van der Waals surface area contributed by atoms with E-state index in [4.69, 9.17) is 4.74 Å². The molecular formula is C29H37N3O3. The monoisotopic (exact) mass is 475 g/mol. The van der Waals surface area contributed by atoms with Crippen molar-refractivity contribution >= 4 is 16.9 Å². The van der Waals surface area contributed by atoms with Gasteiger partial charge >= 0.3 is 5.97 Å². The smallest absolute Gasteiger partial charge is 0.303 e. The van der Waals surface area contributed by atoms with Crippen molar-refractivity contribution in [1.82, 2.24) is 14.9 Å². The van der Waals surface area contributed by atoms with Gasteiger partial charge in [0, 0.05) is 36.4 Å². The van der Waals surface area contributed by atoms with Crippen LogP contribution in [-0.4, -0.2) is 52.7 Å². The SMILES string of the molecule is COc1ccc2nccc(CCC[C@@H]3CCN(CCCCc4ccccn4)C[C@@H]3CC(=O)O)c2c1. The van der Waals surface area contributed by atoms with Crippen molar-refractivity contribution in [2.45, 2.75) is 51.4 Å². The molecular weight excluding hydrogens is 438 g/mol. The van der Waals surface area contributed by atoms with Gasteiger partial charge in [0.25, 0.3) is 0 Å². The number of nitrogens with zero attached hydrogens (tertiary/aromatic N) is 3. The minimum absolute atomic E-state index is 0.228. The van der Waals surface area contributed by atoms with Crippen LogP contribution in [0, 0.1) is 11.8 Å². The molecule has 0 spiro atoms. The number of hydrogen-bond donors (Lipinski definition) is 1. The summed E-state index contributed by atoms with van der Waals surface area (Å²) >= 11 is 0. The largest absolute Gasteiger partial charge is 0.497 e. The van der Waals surface area contributed by atoms with E-state index >= 15 is 0 Å². The predicted octanol–water partition coefficient (Wildman–Crippen LogP) is 5.40. The number of ether oxygens (including phenoxy) is 1. The van der Waals surface area contributed by atoms with E-state index in [-0.39, 0.29) is 12.3 Å². The van der Waals surface area contributed by atoms with Crippen LogP contribution < -0.4 is 4.74 Å². The molecule has 186 valence electrons. The maximum atomic E-state index is 11.6. The van der Waals surface area contributed by atoms with Gasteiger partial charge in [-0.1, -0.05) is 6.07 Å². The van der Waals surface area contributed by atoms with Gasteiger partial charge < -0.3 is 14.7 Å². The minimum atomic E-state index is -0.677. The number of fused-ring (bicyclic) bond motifs is 1. The summed E-state index contributed by atoms with van der Waals surface area (Å²) in [6, 6.07) is 14.2. The van der Waals surface area contributed by atoms with Gasteiger partial charge in [-0.2, -0.15) is 0 Å². The van der Waals surface area contributed by atoms with Gasteiger partial charge in [0.15, 0.2) is 0 Å². The van der Waals surface area contributed by atoms with Gasteiger partial charge in [0.05, 0.1) is 12.6 Å². The van der Waals surface area contributed by atoms with Gasteiger partial charge in [0.1, 0.15) is 5.75 Å². The Labute approximate surface area is 208 Å². The lowest BCUT2D eigenvalue weighted by Crippen LogP contribution is -2.41. The highest BCUT2D eigenvalue weighted by Crippen LogP contribution is 2.32. The van der Waals surface area contributed by atoms with Crippen molar-refractivity contribution in [2.24, 2.45) is 11.8 Å². The van der Waals surface area contributed by atoms with Crippen molar-refractivity contribution in [3.8, 4) is 5.75 Å². The van der Waals surface area contributed by atoms with Crippen LogP contribution in [0.15, 0.2) is 54.9 Å². The highest BCUT2D eigenvalue weighted by atomic mass is 16.5. The number of aryl methyl sites for hydroxylation is 2. The lowest BCUT2D eigenvalue weighted by Gasteiger charge is -2.38. The lowest BCUT2D eigenvalue weighted by atomic mass is 9.79. The standard InChI is InChI=1S/C29H37N3O3/c1-35-26-11-12-28-27(20-26)23(13-16-31-28)8-6-7-22-14-18-32(21-24(22)19-29(33)34)17-5-3-10-25-9-2-4-15-30-25/h2,4,9,11-13,15-16,20,22,24H,3,5-8,10,14,17-19,21H2,1H3,(H,33,34)/t22-,24+/m1/s1. The number of aliphatic carboxylic acids is 1. The van der Waals surface area contributed by atoms with Crippen LogP contribution in [0.2, 0.25) is 0 Å². The molecule has 1 N–H and O–H groups in total. The van der Waals surface area contributed by atoms with Crippen molar-refractivity contribution in [2.75, 3.05) is 26.7 Å². The Balaban J connectivity index is 1.27. The zero-order chi connectivity index (χ0) is 24.5.